The first kappa shape index (κ1) is 19.8. The van der Waals surface area contributed by atoms with Crippen LogP contribution < -0.4 is 0 Å². The Morgan fingerprint density at radius 2 is 1.89 bits per heavy atom. The van der Waals surface area contributed by atoms with Gasteiger partial charge >= 0.3 is 5.97 Å². The summed E-state index contributed by atoms with van der Waals surface area (Å²) in [7, 11) is -3.06. The van der Waals surface area contributed by atoms with Crippen LogP contribution in [-0.4, -0.2) is 61.1 Å². The number of carbonyl (C=O) groups excluding carboxylic acids is 2. The van der Waals surface area contributed by atoms with Gasteiger partial charge in [-0.2, -0.15) is 0 Å². The van der Waals surface area contributed by atoms with Crippen molar-refractivity contribution in [2.45, 2.75) is 55.5 Å². The zero-order chi connectivity index (χ0) is 19.7. The summed E-state index contributed by atoms with van der Waals surface area (Å²) in [6.45, 7) is -0.309. The first-order chi connectivity index (χ1) is 13.4. The first-order valence-corrected chi connectivity index (χ1v) is 12.6. The highest BCUT2D eigenvalue weighted by Gasteiger charge is 2.42. The van der Waals surface area contributed by atoms with E-state index >= 15 is 0 Å². The third-order valence-corrected chi connectivity index (χ3v) is 8.33. The van der Waals surface area contributed by atoms with Crippen molar-refractivity contribution in [3.05, 3.63) is 29.3 Å². The van der Waals surface area contributed by atoms with E-state index < -0.39 is 15.8 Å². The Labute approximate surface area is 169 Å². The van der Waals surface area contributed by atoms with E-state index in [2.05, 4.69) is 12.1 Å². The summed E-state index contributed by atoms with van der Waals surface area (Å²) >= 11 is 1.42. The molecule has 1 saturated heterocycles. The van der Waals surface area contributed by atoms with Crippen LogP contribution in [0.1, 0.15) is 36.8 Å². The number of esters is 1. The molecule has 8 heteroatoms. The molecule has 6 nitrogen and oxygen atoms in total. The summed E-state index contributed by atoms with van der Waals surface area (Å²) in [5.74, 6) is -0.384. The normalized spacial score (nSPS) is 22.6. The SMILES string of the molecule is O=C(CSc1ccc2c(c1)CCC2)OCC(=O)N(C1CC1)[C@H]1CCS(=O)(=O)C1. The Morgan fingerprint density at radius 1 is 1.11 bits per heavy atom. The maximum atomic E-state index is 12.6. The molecule has 2 aliphatic carbocycles. The molecule has 0 spiro atoms. The molecule has 1 aromatic rings. The predicted octanol–water partition coefficient (Wildman–Crippen LogP) is 1.99. The van der Waals surface area contributed by atoms with Gasteiger partial charge in [0.2, 0.25) is 0 Å². The molecule has 28 heavy (non-hydrogen) atoms. The molecule has 1 aromatic carbocycles. The summed E-state index contributed by atoms with van der Waals surface area (Å²) in [6.07, 6.45) is 5.68. The van der Waals surface area contributed by atoms with E-state index in [0.717, 1.165) is 30.6 Å². The Bertz CT molecular complexity index is 879. The fourth-order valence-electron chi connectivity index (χ4n) is 4.09. The van der Waals surface area contributed by atoms with Crippen LogP contribution in [0.25, 0.3) is 0 Å². The fourth-order valence-corrected chi connectivity index (χ4v) is 6.56. The van der Waals surface area contributed by atoms with Crippen LogP contribution in [0.15, 0.2) is 23.1 Å². The molecule has 1 amide bonds. The van der Waals surface area contributed by atoms with Crippen molar-refractivity contribution < 1.29 is 22.7 Å². The number of aryl methyl sites for hydroxylation is 2. The molecule has 0 bridgehead atoms. The van der Waals surface area contributed by atoms with Gasteiger partial charge in [-0.05, 0) is 61.8 Å². The van der Waals surface area contributed by atoms with Gasteiger partial charge < -0.3 is 9.64 Å². The standard InChI is InChI=1S/C20H25NO5S2/c22-19(21(16-5-6-16)17-8-9-28(24,25)13-17)11-26-20(23)12-27-18-7-4-14-2-1-3-15(14)10-18/h4,7,10,16-17H,1-3,5-6,8-9,11-13H2/t17-/m0/s1. The van der Waals surface area contributed by atoms with Gasteiger partial charge in [-0.3, -0.25) is 9.59 Å². The van der Waals surface area contributed by atoms with Crippen LogP contribution in [0, 0.1) is 0 Å². The third-order valence-electron chi connectivity index (χ3n) is 5.61. The molecule has 152 valence electrons. The number of hydrogen-bond acceptors (Lipinski definition) is 6. The summed E-state index contributed by atoms with van der Waals surface area (Å²) in [6, 6.07) is 6.13. The summed E-state index contributed by atoms with van der Waals surface area (Å²) in [5.41, 5.74) is 2.76. The lowest BCUT2D eigenvalue weighted by Crippen LogP contribution is -2.44. The molecule has 0 unspecified atom stereocenters. The van der Waals surface area contributed by atoms with Gasteiger partial charge in [0, 0.05) is 17.0 Å². The number of sulfone groups is 1. The first-order valence-electron chi connectivity index (χ1n) is 9.83. The predicted molar refractivity (Wildman–Crippen MR) is 107 cm³/mol. The minimum Gasteiger partial charge on any atom is -0.455 e. The second-order valence-corrected chi connectivity index (χ2v) is 11.1. The lowest BCUT2D eigenvalue weighted by Gasteiger charge is -2.28. The van der Waals surface area contributed by atoms with Gasteiger partial charge in [0.05, 0.1) is 17.3 Å². The smallest absolute Gasteiger partial charge is 0.316 e. The molecule has 1 heterocycles. The van der Waals surface area contributed by atoms with E-state index in [1.54, 1.807) is 4.90 Å². The maximum Gasteiger partial charge on any atom is 0.316 e. The topological polar surface area (TPSA) is 80.8 Å². The Balaban J connectivity index is 1.26. The van der Waals surface area contributed by atoms with Gasteiger partial charge in [0.25, 0.3) is 5.91 Å². The molecular formula is C20H25NO5S2. The van der Waals surface area contributed by atoms with E-state index in [1.807, 2.05) is 6.07 Å². The number of fused-ring (bicyclic) bond motifs is 1. The van der Waals surface area contributed by atoms with Crippen molar-refractivity contribution in [1.29, 1.82) is 0 Å². The van der Waals surface area contributed by atoms with Crippen molar-refractivity contribution in [3.63, 3.8) is 0 Å². The van der Waals surface area contributed by atoms with Crippen molar-refractivity contribution in [2.24, 2.45) is 0 Å². The number of nitrogens with zero attached hydrogens (tertiary/aromatic N) is 1. The number of amides is 1. The maximum absolute atomic E-state index is 12.6. The lowest BCUT2D eigenvalue weighted by atomic mass is 10.1. The minimum atomic E-state index is -3.06. The molecular weight excluding hydrogens is 398 g/mol. The van der Waals surface area contributed by atoms with Crippen molar-refractivity contribution in [1.82, 2.24) is 4.90 Å². The van der Waals surface area contributed by atoms with E-state index in [9.17, 15) is 18.0 Å². The van der Waals surface area contributed by atoms with E-state index in [0.29, 0.717) is 6.42 Å². The van der Waals surface area contributed by atoms with Gasteiger partial charge in [-0.25, -0.2) is 8.42 Å². The lowest BCUT2D eigenvalue weighted by molar-refractivity contribution is -0.151. The second-order valence-electron chi connectivity index (χ2n) is 7.82. The second kappa shape index (κ2) is 8.06. The van der Waals surface area contributed by atoms with Crippen LogP contribution in [0.2, 0.25) is 0 Å². The number of hydrogen-bond donors (Lipinski definition) is 0. The Morgan fingerprint density at radius 3 is 2.61 bits per heavy atom. The summed E-state index contributed by atoms with van der Waals surface area (Å²) < 4.78 is 28.7. The zero-order valence-corrected chi connectivity index (χ0v) is 17.4. The molecule has 0 radical (unpaired) electrons. The largest absolute Gasteiger partial charge is 0.455 e. The molecule has 1 saturated carbocycles. The number of carbonyl (C=O) groups is 2. The molecule has 0 aromatic heterocycles. The molecule has 3 aliphatic rings. The van der Waals surface area contributed by atoms with Crippen LogP contribution in [0.5, 0.6) is 0 Å². The van der Waals surface area contributed by atoms with Gasteiger partial charge in [-0.1, -0.05) is 6.07 Å². The fraction of sp³-hybridized carbons (Fsp3) is 0.600. The van der Waals surface area contributed by atoms with Crippen LogP contribution in [-0.2, 0) is 37.0 Å². The Hall–Kier alpha value is -1.54. The van der Waals surface area contributed by atoms with E-state index in [1.165, 1.54) is 29.3 Å². The Kier molecular flexibility index (Phi) is 5.69. The zero-order valence-electron chi connectivity index (χ0n) is 15.8. The monoisotopic (exact) mass is 423 g/mol. The molecule has 0 N–H and O–H groups in total. The van der Waals surface area contributed by atoms with Gasteiger partial charge in [0.15, 0.2) is 16.4 Å². The molecule has 1 atom stereocenters. The van der Waals surface area contributed by atoms with Crippen LogP contribution >= 0.6 is 11.8 Å². The highest BCUT2D eigenvalue weighted by atomic mass is 32.2. The van der Waals surface area contributed by atoms with Crippen LogP contribution in [0.3, 0.4) is 0 Å². The van der Waals surface area contributed by atoms with Gasteiger partial charge in [-0.15, -0.1) is 11.8 Å². The quantitative estimate of drug-likeness (QED) is 0.493. The number of thioether (sulfide) groups is 1. The van der Waals surface area contributed by atoms with Gasteiger partial charge in [0.1, 0.15) is 0 Å². The number of ether oxygens (including phenoxy) is 1. The minimum absolute atomic E-state index is 0.0252. The number of rotatable bonds is 7. The van der Waals surface area contributed by atoms with Crippen molar-refractivity contribution in [3.8, 4) is 0 Å². The average Bonchev–Trinajstić information content (AvgIpc) is 3.26. The highest BCUT2D eigenvalue weighted by molar-refractivity contribution is 8.00. The molecule has 4 rings (SSSR count). The van der Waals surface area contributed by atoms with Crippen LogP contribution in [0.4, 0.5) is 0 Å². The average molecular weight is 424 g/mol. The van der Waals surface area contributed by atoms with Crippen molar-refractivity contribution >= 4 is 33.5 Å². The molecule has 1 aliphatic heterocycles. The highest BCUT2D eigenvalue weighted by Crippen LogP contribution is 2.32. The summed E-state index contributed by atoms with van der Waals surface area (Å²) in [4.78, 5) is 27.4. The van der Waals surface area contributed by atoms with Crippen molar-refractivity contribution in [2.75, 3.05) is 23.9 Å². The van der Waals surface area contributed by atoms with E-state index in [-0.39, 0.29) is 41.9 Å². The third kappa shape index (κ3) is 4.71. The summed E-state index contributed by atoms with van der Waals surface area (Å²) in [5, 5.41) is 0. The van der Waals surface area contributed by atoms with E-state index in [4.69, 9.17) is 4.74 Å². The number of benzene rings is 1. The molecule has 2 fully saturated rings.